The molecule has 6 nitrogen and oxygen atoms in total. The van der Waals surface area contributed by atoms with Crippen molar-refractivity contribution in [3.8, 4) is 0 Å². The van der Waals surface area contributed by atoms with Gasteiger partial charge in [0.05, 0.1) is 28.5 Å². The van der Waals surface area contributed by atoms with Gasteiger partial charge in [0.15, 0.2) is 0 Å². The van der Waals surface area contributed by atoms with Crippen molar-refractivity contribution in [1.82, 2.24) is 15.3 Å². The van der Waals surface area contributed by atoms with Crippen LogP contribution in [-0.2, 0) is 11.2 Å². The monoisotopic (exact) mass is 499 g/mol. The summed E-state index contributed by atoms with van der Waals surface area (Å²) in [6.07, 6.45) is 12.1. The maximum absolute atomic E-state index is 13.2. The van der Waals surface area contributed by atoms with Gasteiger partial charge in [0.2, 0.25) is 0 Å². The highest BCUT2D eigenvalue weighted by molar-refractivity contribution is 5.97. The van der Waals surface area contributed by atoms with E-state index in [9.17, 15) is 14.0 Å². The summed E-state index contributed by atoms with van der Waals surface area (Å²) in [6.45, 7) is 3.77. The summed E-state index contributed by atoms with van der Waals surface area (Å²) < 4.78 is 13.2. The van der Waals surface area contributed by atoms with Crippen LogP contribution in [0.25, 0.3) is 16.6 Å². The number of nitrogens with zero attached hydrogens (tertiary/aromatic N) is 2. The van der Waals surface area contributed by atoms with Crippen LogP contribution in [0.4, 0.5) is 4.39 Å². The van der Waals surface area contributed by atoms with E-state index in [-0.39, 0.29) is 30.1 Å². The Kier molecular flexibility index (Phi) is 8.23. The minimum Gasteiger partial charge on any atom is -0.481 e. The lowest BCUT2D eigenvalue weighted by atomic mass is 9.97. The number of rotatable bonds is 9. The highest BCUT2D eigenvalue weighted by atomic mass is 19.1. The fraction of sp³-hybridized carbons (Fsp3) is 0.267. The standard InChI is InChI=1S/C30H30FN3O3/c1-19(17-28(35)36)9-15-26-29(22-7-5-3-4-6-8-22)34-25-16-12-23(18-27(25)33-26)30(37)32-20(2)21-10-13-24(31)14-11-21/h3-7,10-14,16,18-20H,8-9,15,17H2,1-2H3,(H,32,37)(H,35,36). The predicted octanol–water partition coefficient (Wildman–Crippen LogP) is 6.20. The molecule has 1 amide bonds. The summed E-state index contributed by atoms with van der Waals surface area (Å²) in [6, 6.07) is 11.0. The van der Waals surface area contributed by atoms with E-state index in [2.05, 4.69) is 11.4 Å². The molecule has 2 atom stereocenters. The third kappa shape index (κ3) is 6.76. The van der Waals surface area contributed by atoms with E-state index in [1.165, 1.54) is 12.1 Å². The van der Waals surface area contributed by atoms with Crippen molar-refractivity contribution in [2.45, 2.75) is 45.6 Å². The normalized spacial score (nSPS) is 14.6. The van der Waals surface area contributed by atoms with Crippen LogP contribution < -0.4 is 5.32 Å². The Labute approximate surface area is 215 Å². The molecule has 0 bridgehead atoms. The Morgan fingerprint density at radius 1 is 1.03 bits per heavy atom. The zero-order chi connectivity index (χ0) is 26.4. The third-order valence-electron chi connectivity index (χ3n) is 6.41. The van der Waals surface area contributed by atoms with E-state index in [1.807, 2.05) is 38.2 Å². The Balaban J connectivity index is 1.63. The average Bonchev–Trinajstić information content (AvgIpc) is 3.16. The second-order valence-electron chi connectivity index (χ2n) is 9.42. The van der Waals surface area contributed by atoms with Gasteiger partial charge in [-0.2, -0.15) is 0 Å². The molecule has 3 aromatic rings. The van der Waals surface area contributed by atoms with Crippen molar-refractivity contribution < 1.29 is 19.1 Å². The van der Waals surface area contributed by atoms with Crippen LogP contribution in [0.5, 0.6) is 0 Å². The first-order valence-electron chi connectivity index (χ1n) is 12.4. The molecule has 2 N–H and O–H groups in total. The summed E-state index contributed by atoms with van der Waals surface area (Å²) in [5.74, 6) is -1.40. The minimum atomic E-state index is -0.815. The van der Waals surface area contributed by atoms with Gasteiger partial charge in [-0.15, -0.1) is 0 Å². The van der Waals surface area contributed by atoms with Crippen LogP contribution in [0.1, 0.15) is 66.5 Å². The van der Waals surface area contributed by atoms with Crippen LogP contribution in [0.15, 0.2) is 72.8 Å². The number of fused-ring (bicyclic) bond motifs is 1. The van der Waals surface area contributed by atoms with Crippen LogP contribution in [0.2, 0.25) is 0 Å². The number of hydrogen-bond acceptors (Lipinski definition) is 4. The number of carbonyl (C=O) groups excluding carboxylic acids is 1. The highest BCUT2D eigenvalue weighted by Gasteiger charge is 2.17. The Morgan fingerprint density at radius 2 is 1.81 bits per heavy atom. The first-order chi connectivity index (χ1) is 17.8. The fourth-order valence-corrected chi connectivity index (χ4v) is 4.31. The van der Waals surface area contributed by atoms with E-state index < -0.39 is 5.97 Å². The molecule has 0 fully saturated rings. The zero-order valence-electron chi connectivity index (χ0n) is 20.9. The van der Waals surface area contributed by atoms with Gasteiger partial charge in [0, 0.05) is 12.0 Å². The number of aryl methyl sites for hydroxylation is 1. The molecule has 0 spiro atoms. The van der Waals surface area contributed by atoms with Gasteiger partial charge in [-0.3, -0.25) is 9.59 Å². The van der Waals surface area contributed by atoms with E-state index in [1.54, 1.807) is 30.3 Å². The molecule has 4 rings (SSSR count). The van der Waals surface area contributed by atoms with Crippen molar-refractivity contribution in [2.75, 3.05) is 0 Å². The summed E-state index contributed by atoms with van der Waals surface area (Å²) in [5.41, 5.74) is 5.16. The number of nitrogens with one attached hydrogen (secondary N) is 1. The van der Waals surface area contributed by atoms with Gasteiger partial charge < -0.3 is 10.4 Å². The molecule has 0 radical (unpaired) electrons. The quantitative estimate of drug-likeness (QED) is 0.366. The first-order valence-corrected chi connectivity index (χ1v) is 12.4. The molecular weight excluding hydrogens is 469 g/mol. The summed E-state index contributed by atoms with van der Waals surface area (Å²) in [7, 11) is 0. The summed E-state index contributed by atoms with van der Waals surface area (Å²) in [4.78, 5) is 33.9. The molecule has 1 aliphatic carbocycles. The third-order valence-corrected chi connectivity index (χ3v) is 6.41. The molecule has 2 unspecified atom stereocenters. The lowest BCUT2D eigenvalue weighted by Crippen LogP contribution is -2.26. The molecule has 0 saturated heterocycles. The van der Waals surface area contributed by atoms with E-state index in [0.717, 1.165) is 22.5 Å². The van der Waals surface area contributed by atoms with Gasteiger partial charge in [-0.1, -0.05) is 49.4 Å². The van der Waals surface area contributed by atoms with E-state index >= 15 is 0 Å². The number of carbonyl (C=O) groups is 2. The molecule has 1 aliphatic rings. The molecule has 190 valence electrons. The van der Waals surface area contributed by atoms with E-state index in [0.29, 0.717) is 35.9 Å². The lowest BCUT2D eigenvalue weighted by molar-refractivity contribution is -0.138. The smallest absolute Gasteiger partial charge is 0.303 e. The van der Waals surface area contributed by atoms with Gasteiger partial charge in [0.25, 0.3) is 5.91 Å². The van der Waals surface area contributed by atoms with Crippen LogP contribution >= 0.6 is 0 Å². The lowest BCUT2D eigenvalue weighted by Gasteiger charge is -2.16. The van der Waals surface area contributed by atoms with Crippen molar-refractivity contribution in [3.63, 3.8) is 0 Å². The van der Waals surface area contributed by atoms with Crippen molar-refractivity contribution in [2.24, 2.45) is 5.92 Å². The zero-order valence-corrected chi connectivity index (χ0v) is 20.9. The molecule has 0 aliphatic heterocycles. The van der Waals surface area contributed by atoms with Crippen molar-refractivity contribution in [3.05, 3.63) is 101 Å². The first kappa shape index (κ1) is 25.9. The molecule has 7 heteroatoms. The number of carboxylic acids is 1. The SMILES string of the molecule is CC(CCc1nc2cc(C(=O)NC(C)c3ccc(F)cc3)ccc2nc1C1=CC=CC=CC1)CC(=O)O. The Morgan fingerprint density at radius 3 is 2.57 bits per heavy atom. The molecule has 1 heterocycles. The maximum atomic E-state index is 13.2. The van der Waals surface area contributed by atoms with Gasteiger partial charge >= 0.3 is 5.97 Å². The molecule has 37 heavy (non-hydrogen) atoms. The number of benzene rings is 2. The number of allylic oxidation sites excluding steroid dienone is 6. The second kappa shape index (κ2) is 11.7. The Bertz CT molecular complexity index is 1390. The predicted molar refractivity (Wildman–Crippen MR) is 142 cm³/mol. The van der Waals surface area contributed by atoms with Gasteiger partial charge in [0.1, 0.15) is 5.82 Å². The highest BCUT2D eigenvalue weighted by Crippen LogP contribution is 2.27. The minimum absolute atomic E-state index is 0.00388. The molecule has 2 aromatic carbocycles. The summed E-state index contributed by atoms with van der Waals surface area (Å²) >= 11 is 0. The van der Waals surface area contributed by atoms with Crippen molar-refractivity contribution >= 4 is 28.5 Å². The maximum Gasteiger partial charge on any atom is 0.303 e. The second-order valence-corrected chi connectivity index (χ2v) is 9.42. The molecule has 0 saturated carbocycles. The van der Waals surface area contributed by atoms with Gasteiger partial charge in [-0.25, -0.2) is 14.4 Å². The number of hydrogen-bond donors (Lipinski definition) is 2. The topological polar surface area (TPSA) is 92.2 Å². The van der Waals surface area contributed by atoms with Crippen LogP contribution in [0, 0.1) is 11.7 Å². The number of aliphatic carboxylic acids is 1. The van der Waals surface area contributed by atoms with E-state index in [4.69, 9.17) is 15.1 Å². The number of halogens is 1. The molecular formula is C30H30FN3O3. The largest absolute Gasteiger partial charge is 0.481 e. The van der Waals surface area contributed by atoms with Crippen LogP contribution in [0.3, 0.4) is 0 Å². The summed E-state index contributed by atoms with van der Waals surface area (Å²) in [5, 5.41) is 12.1. The molecule has 1 aromatic heterocycles. The number of aromatic nitrogens is 2. The number of amides is 1. The van der Waals surface area contributed by atoms with Gasteiger partial charge in [-0.05, 0) is 73.6 Å². The Hall–Kier alpha value is -4.13. The average molecular weight is 500 g/mol. The number of carboxylic acid groups (broad SMARTS) is 1. The van der Waals surface area contributed by atoms with Crippen molar-refractivity contribution in [1.29, 1.82) is 0 Å². The van der Waals surface area contributed by atoms with Crippen LogP contribution in [-0.4, -0.2) is 27.0 Å². The fourth-order valence-electron chi connectivity index (χ4n) is 4.31.